The fourth-order valence-corrected chi connectivity index (χ4v) is 2.46. The van der Waals surface area contributed by atoms with Gasteiger partial charge in [-0.15, -0.1) is 12.2 Å². The Morgan fingerprint density at radius 1 is 0.914 bits per heavy atom. The Morgan fingerprint density at radius 3 is 2.23 bits per heavy atom. The largest absolute Gasteiger partial charge is 1.00 e. The van der Waals surface area contributed by atoms with E-state index in [9.17, 15) is 24.0 Å². The van der Waals surface area contributed by atoms with Crippen LogP contribution in [0.1, 0.15) is 31.7 Å². The molecule has 0 aromatic heterocycles. The molecular formula is C22H30N4O7Rb2. The molecular weight excluding hydrogens is 603 g/mol. The number of hydrogen-bond acceptors (Lipinski definition) is 7. The van der Waals surface area contributed by atoms with Crippen molar-refractivity contribution in [2.45, 2.75) is 32.6 Å². The first-order chi connectivity index (χ1) is 15.8. The molecule has 182 valence electrons. The van der Waals surface area contributed by atoms with Crippen molar-refractivity contribution in [2.75, 3.05) is 40.0 Å². The Bertz CT molecular complexity index is 807. The van der Waals surface area contributed by atoms with Crippen LogP contribution in [0.5, 0.6) is 0 Å². The topological polar surface area (TPSA) is 156 Å². The Balaban J connectivity index is 0. The number of ether oxygens (including phenoxy) is 2. The summed E-state index contributed by atoms with van der Waals surface area (Å²) in [5.41, 5.74) is 1.09. The van der Waals surface area contributed by atoms with Gasteiger partial charge in [-0.2, -0.15) is 0 Å². The maximum absolute atomic E-state index is 11.9. The van der Waals surface area contributed by atoms with E-state index < -0.39 is 18.2 Å². The minimum atomic E-state index is -0.620. The van der Waals surface area contributed by atoms with Crippen molar-refractivity contribution < 1.29 is 150 Å². The third-order valence-corrected chi connectivity index (χ3v) is 4.07. The Labute approximate surface area is 303 Å². The summed E-state index contributed by atoms with van der Waals surface area (Å²) in [6.45, 7) is 2.57. The van der Waals surface area contributed by atoms with Gasteiger partial charge in [0.2, 0.25) is 11.8 Å². The number of rotatable bonds is 15. The van der Waals surface area contributed by atoms with Gasteiger partial charge in [-0.3, -0.25) is 14.4 Å². The number of benzene rings is 1. The summed E-state index contributed by atoms with van der Waals surface area (Å²) in [6, 6.07) is 6.48. The third-order valence-electron chi connectivity index (χ3n) is 4.07. The molecule has 0 saturated carbocycles. The fourth-order valence-electron chi connectivity index (χ4n) is 2.46. The number of carbonyl (C=O) groups is 5. The number of nitrogens with zero attached hydrogens (tertiary/aromatic N) is 2. The molecule has 13 heteroatoms. The van der Waals surface area contributed by atoms with E-state index >= 15 is 0 Å². The second-order valence-electron chi connectivity index (χ2n) is 6.88. The van der Waals surface area contributed by atoms with Crippen LogP contribution >= 0.6 is 0 Å². The van der Waals surface area contributed by atoms with Crippen LogP contribution in [0, 0.1) is 0 Å². The molecule has 0 aliphatic rings. The second-order valence-corrected chi connectivity index (χ2v) is 6.88. The molecule has 0 fully saturated rings. The van der Waals surface area contributed by atoms with Crippen molar-refractivity contribution in [3.8, 4) is 0 Å². The molecule has 1 aromatic rings. The van der Waals surface area contributed by atoms with Gasteiger partial charge in [0.1, 0.15) is 0 Å². The zero-order valence-corrected chi connectivity index (χ0v) is 30.8. The first-order valence-corrected chi connectivity index (χ1v) is 10.5. The molecule has 2 N–H and O–H groups in total. The van der Waals surface area contributed by atoms with Crippen molar-refractivity contribution in [2.24, 2.45) is 0 Å². The molecule has 0 bridgehead atoms. The van der Waals surface area contributed by atoms with E-state index in [1.807, 2.05) is 0 Å². The van der Waals surface area contributed by atoms with E-state index in [1.165, 1.54) is 14.0 Å². The summed E-state index contributed by atoms with van der Waals surface area (Å²) in [4.78, 5) is 57.3. The average molecular weight is 633 g/mol. The maximum Gasteiger partial charge on any atom is 1.00 e. The monoisotopic (exact) mass is 632 g/mol. The van der Waals surface area contributed by atoms with E-state index in [1.54, 1.807) is 24.3 Å². The van der Waals surface area contributed by atoms with Gasteiger partial charge in [0.05, 0.1) is 24.8 Å². The molecule has 0 saturated heterocycles. The molecule has 0 aliphatic heterocycles. The van der Waals surface area contributed by atoms with Crippen molar-refractivity contribution in [3.63, 3.8) is 0 Å². The number of nitrogens with one attached hydrogen (secondary N) is 2. The fraction of sp³-hybridized carbons (Fsp3) is 0.500. The zero-order valence-electron chi connectivity index (χ0n) is 20.9. The standard InChI is InChI=1S/C22H32N4O7.2Rb/c1-16(27)33-12-3-11-32-13-10-25-21(30)15-22(31)26-18-6-4-17(5-7-18)14-20(29)24-9-8-19(28)23-2;;/h4-7H,3,8-15H2,1-2H3,(H4,23,24,25,26,28,29,30,31);;/q;2*+1/p-2. The Morgan fingerprint density at radius 2 is 1.60 bits per heavy atom. The van der Waals surface area contributed by atoms with Crippen LogP contribution in [0.15, 0.2) is 24.3 Å². The predicted molar refractivity (Wildman–Crippen MR) is 120 cm³/mol. The number of amides is 4. The molecule has 0 radical (unpaired) electrons. The smallest absolute Gasteiger partial charge is 0.651 e. The van der Waals surface area contributed by atoms with Crippen molar-refractivity contribution in [1.29, 1.82) is 0 Å². The number of carbonyl (C=O) groups excluding carboxylic acids is 5. The van der Waals surface area contributed by atoms with Gasteiger partial charge >= 0.3 is 122 Å². The third kappa shape index (κ3) is 20.8. The second kappa shape index (κ2) is 23.3. The van der Waals surface area contributed by atoms with Crippen LogP contribution in [0.3, 0.4) is 0 Å². The van der Waals surface area contributed by atoms with Crippen LogP contribution in [-0.2, 0) is 39.9 Å². The molecule has 11 nitrogen and oxygen atoms in total. The van der Waals surface area contributed by atoms with E-state index in [4.69, 9.17) is 9.47 Å². The van der Waals surface area contributed by atoms with Crippen molar-refractivity contribution in [1.82, 2.24) is 10.6 Å². The van der Waals surface area contributed by atoms with Crippen LogP contribution < -0.4 is 127 Å². The summed E-state index contributed by atoms with van der Waals surface area (Å²) in [6.07, 6.45) is 0.441. The van der Waals surface area contributed by atoms with Gasteiger partial charge in [-0.1, -0.05) is 24.3 Å². The summed E-state index contributed by atoms with van der Waals surface area (Å²) in [5, 5.41) is 12.7. The molecule has 1 rings (SSSR count). The molecule has 0 spiro atoms. The normalized spacial score (nSPS) is 9.54. The van der Waals surface area contributed by atoms with E-state index in [0.717, 1.165) is 5.56 Å². The number of esters is 1. The zero-order chi connectivity index (χ0) is 24.5. The molecule has 0 heterocycles. The van der Waals surface area contributed by atoms with Crippen LogP contribution in [0.25, 0.3) is 10.6 Å². The molecule has 4 amide bonds. The minimum Gasteiger partial charge on any atom is -0.651 e. The maximum atomic E-state index is 11.9. The van der Waals surface area contributed by atoms with Gasteiger partial charge in [0.25, 0.3) is 0 Å². The molecule has 0 aliphatic carbocycles. The predicted octanol–water partition coefficient (Wildman–Crippen LogP) is -4.72. The Kier molecular flexibility index (Phi) is 24.8. The first kappa shape index (κ1) is 37.3. The van der Waals surface area contributed by atoms with Crippen LogP contribution in [-0.4, -0.2) is 69.6 Å². The average Bonchev–Trinajstić information content (AvgIpc) is 2.76. The van der Waals surface area contributed by atoms with Crippen LogP contribution in [0.4, 0.5) is 5.69 Å². The molecule has 0 unspecified atom stereocenters. The molecule has 0 atom stereocenters. The molecule has 35 heavy (non-hydrogen) atoms. The van der Waals surface area contributed by atoms with E-state index in [-0.39, 0.29) is 173 Å². The van der Waals surface area contributed by atoms with Crippen molar-refractivity contribution in [3.05, 3.63) is 40.5 Å². The van der Waals surface area contributed by atoms with E-state index in [2.05, 4.69) is 21.3 Å². The number of hydrogen-bond donors (Lipinski definition) is 2. The van der Waals surface area contributed by atoms with Crippen LogP contribution in [0.2, 0.25) is 0 Å². The van der Waals surface area contributed by atoms with Crippen molar-refractivity contribution >= 4 is 35.3 Å². The quantitative estimate of drug-likeness (QED) is 0.112. The summed E-state index contributed by atoms with van der Waals surface area (Å²) < 4.78 is 10.0. The summed E-state index contributed by atoms with van der Waals surface area (Å²) >= 11 is 0. The van der Waals surface area contributed by atoms with E-state index in [0.29, 0.717) is 18.7 Å². The SMILES string of the molecule is CNC(=O)CCNC(=O)Cc1ccc([N-]C(=O)CC(=O)[N-]CCOCCCOC(C)=O)cc1.[Rb+].[Rb+]. The summed E-state index contributed by atoms with van der Waals surface area (Å²) in [5.74, 6) is -1.93. The first-order valence-electron chi connectivity index (χ1n) is 10.5. The Hall–Kier alpha value is 0.140. The van der Waals surface area contributed by atoms with Gasteiger partial charge in [0.15, 0.2) is 0 Å². The van der Waals surface area contributed by atoms with Gasteiger partial charge < -0.3 is 40.3 Å². The molecule has 1 aromatic carbocycles. The minimum absolute atomic E-state index is 0. The van der Waals surface area contributed by atoms with Gasteiger partial charge in [-0.25, -0.2) is 0 Å². The summed E-state index contributed by atoms with van der Waals surface area (Å²) in [7, 11) is 1.53. The van der Waals surface area contributed by atoms with Gasteiger partial charge in [0, 0.05) is 53.0 Å². The van der Waals surface area contributed by atoms with Gasteiger partial charge in [-0.05, 0) is 5.56 Å².